The van der Waals surface area contributed by atoms with Gasteiger partial charge in [-0.3, -0.25) is 0 Å². The van der Waals surface area contributed by atoms with E-state index in [2.05, 4.69) is 13.0 Å². The second-order valence-electron chi connectivity index (χ2n) is 6.11. The summed E-state index contributed by atoms with van der Waals surface area (Å²) in [6.45, 7) is 2.26. The molecule has 1 aliphatic rings. The molecule has 1 heterocycles. The van der Waals surface area contributed by atoms with E-state index in [9.17, 15) is 4.79 Å². The maximum Gasteiger partial charge on any atom is 0.335 e. The molecule has 0 aliphatic carbocycles. The summed E-state index contributed by atoms with van der Waals surface area (Å²) in [7, 11) is 0. The Kier molecular flexibility index (Phi) is 10.2. The number of aliphatic carboxylic acids is 1. The molecular formula is C18H32O3. The van der Waals surface area contributed by atoms with Crippen LogP contribution in [0.1, 0.15) is 84.0 Å². The predicted molar refractivity (Wildman–Crippen MR) is 86.5 cm³/mol. The quantitative estimate of drug-likeness (QED) is 0.276. The molecule has 1 fully saturated rings. The van der Waals surface area contributed by atoms with Gasteiger partial charge in [-0.15, -0.1) is 0 Å². The lowest BCUT2D eigenvalue weighted by molar-refractivity contribution is -0.138. The molecule has 0 spiro atoms. The molecule has 1 rings (SSSR count). The highest BCUT2D eigenvalue weighted by atomic mass is 16.6. The summed E-state index contributed by atoms with van der Waals surface area (Å²) >= 11 is 0. The summed E-state index contributed by atoms with van der Waals surface area (Å²) in [6, 6.07) is 0. The minimum Gasteiger partial charge on any atom is -0.479 e. The number of hydrogen-bond acceptors (Lipinski definition) is 2. The summed E-state index contributed by atoms with van der Waals surface area (Å²) in [5, 5.41) is 8.67. The first-order valence-corrected chi connectivity index (χ1v) is 8.80. The van der Waals surface area contributed by atoms with Crippen LogP contribution >= 0.6 is 0 Å². The first-order chi connectivity index (χ1) is 10.3. The monoisotopic (exact) mass is 296 g/mol. The van der Waals surface area contributed by atoms with Gasteiger partial charge in [0.1, 0.15) is 6.10 Å². The Morgan fingerprint density at radius 2 is 1.48 bits per heavy atom. The number of epoxide rings is 1. The molecule has 0 amide bonds. The van der Waals surface area contributed by atoms with E-state index in [0.717, 1.165) is 6.42 Å². The van der Waals surface area contributed by atoms with Gasteiger partial charge in [0.2, 0.25) is 0 Å². The zero-order valence-electron chi connectivity index (χ0n) is 13.6. The third-order valence-electron chi connectivity index (χ3n) is 4.07. The van der Waals surface area contributed by atoms with Crippen molar-refractivity contribution in [2.24, 2.45) is 0 Å². The van der Waals surface area contributed by atoms with Crippen LogP contribution in [0.3, 0.4) is 0 Å². The normalized spacial score (nSPS) is 21.0. The minimum atomic E-state index is -0.848. The van der Waals surface area contributed by atoms with Crippen LogP contribution in [0.5, 0.6) is 0 Å². The van der Waals surface area contributed by atoms with Gasteiger partial charge >= 0.3 is 5.97 Å². The lowest BCUT2D eigenvalue weighted by atomic mass is 10.1. The van der Waals surface area contributed by atoms with Crippen LogP contribution in [0.15, 0.2) is 12.2 Å². The number of ether oxygens (including phenoxy) is 1. The van der Waals surface area contributed by atoms with E-state index >= 15 is 0 Å². The third-order valence-corrected chi connectivity index (χ3v) is 4.07. The van der Waals surface area contributed by atoms with Gasteiger partial charge in [0, 0.05) is 0 Å². The largest absolute Gasteiger partial charge is 0.479 e. The molecule has 2 atom stereocenters. The molecule has 0 bridgehead atoms. The number of carbonyl (C=O) groups is 1. The lowest BCUT2D eigenvalue weighted by Crippen LogP contribution is -2.06. The molecule has 122 valence electrons. The van der Waals surface area contributed by atoms with E-state index in [-0.39, 0.29) is 6.10 Å². The Bertz CT molecular complexity index is 299. The van der Waals surface area contributed by atoms with Crippen molar-refractivity contribution in [3.63, 3.8) is 0 Å². The summed E-state index contributed by atoms with van der Waals surface area (Å²) in [5.74, 6) is -0.848. The maximum atomic E-state index is 10.5. The fourth-order valence-corrected chi connectivity index (χ4v) is 2.63. The van der Waals surface area contributed by atoms with Crippen molar-refractivity contribution >= 4 is 5.97 Å². The zero-order chi connectivity index (χ0) is 15.3. The van der Waals surface area contributed by atoms with Crippen molar-refractivity contribution in [1.29, 1.82) is 0 Å². The van der Waals surface area contributed by atoms with E-state index in [1.165, 1.54) is 70.6 Å². The molecule has 3 nitrogen and oxygen atoms in total. The summed E-state index contributed by atoms with van der Waals surface area (Å²) in [5.41, 5.74) is 0. The average molecular weight is 296 g/mol. The van der Waals surface area contributed by atoms with Gasteiger partial charge in [0.25, 0.3) is 0 Å². The Morgan fingerprint density at radius 3 is 1.95 bits per heavy atom. The highest BCUT2D eigenvalue weighted by Crippen LogP contribution is 2.23. The Morgan fingerprint density at radius 1 is 0.952 bits per heavy atom. The molecular weight excluding hydrogens is 264 g/mol. The second kappa shape index (κ2) is 11.8. The first kappa shape index (κ1) is 18.2. The van der Waals surface area contributed by atoms with Crippen LogP contribution in [0.4, 0.5) is 0 Å². The van der Waals surface area contributed by atoms with Crippen molar-refractivity contribution in [2.75, 3.05) is 0 Å². The summed E-state index contributed by atoms with van der Waals surface area (Å²) in [6.07, 6.45) is 19.2. The summed E-state index contributed by atoms with van der Waals surface area (Å²) in [4.78, 5) is 10.5. The van der Waals surface area contributed by atoms with Gasteiger partial charge in [-0.25, -0.2) is 4.79 Å². The molecule has 0 aromatic heterocycles. The van der Waals surface area contributed by atoms with Crippen LogP contribution in [-0.2, 0) is 9.53 Å². The predicted octanol–water partition coefficient (Wildman–Crippen LogP) is 5.10. The number of allylic oxidation sites excluding steroid dienone is 1. The molecule has 3 heteroatoms. The molecule has 1 aliphatic heterocycles. The third kappa shape index (κ3) is 9.67. The van der Waals surface area contributed by atoms with Crippen molar-refractivity contribution < 1.29 is 14.6 Å². The van der Waals surface area contributed by atoms with Crippen molar-refractivity contribution in [1.82, 2.24) is 0 Å². The molecule has 0 aromatic carbocycles. The number of unbranched alkanes of at least 4 members (excludes halogenated alkanes) is 11. The van der Waals surface area contributed by atoms with E-state index in [0.29, 0.717) is 0 Å². The standard InChI is InChI=1S/C18H32O3/c1-2-3-4-5-6-7-8-9-10-11-12-13-14-15-16-17(21-16)18(19)20/h14-17H,2-13H2,1H3,(H,19,20). The van der Waals surface area contributed by atoms with Gasteiger partial charge < -0.3 is 9.84 Å². The molecule has 0 radical (unpaired) electrons. The lowest BCUT2D eigenvalue weighted by Gasteiger charge is -2.01. The SMILES string of the molecule is CCCCCCCCCCCCCC=CC1OC1C(=O)O. The molecule has 0 aromatic rings. The fraction of sp³-hybridized carbons (Fsp3) is 0.833. The molecule has 2 unspecified atom stereocenters. The molecule has 1 N–H and O–H groups in total. The number of carboxylic acid groups (broad SMARTS) is 1. The first-order valence-electron chi connectivity index (χ1n) is 8.80. The summed E-state index contributed by atoms with van der Waals surface area (Å²) < 4.78 is 5.00. The second-order valence-corrected chi connectivity index (χ2v) is 6.11. The van der Waals surface area contributed by atoms with Crippen molar-refractivity contribution in [2.45, 2.75) is 96.2 Å². The maximum absolute atomic E-state index is 10.5. The van der Waals surface area contributed by atoms with Crippen molar-refractivity contribution in [3.8, 4) is 0 Å². The van der Waals surface area contributed by atoms with Gasteiger partial charge in [-0.1, -0.05) is 83.3 Å². The Hall–Kier alpha value is -0.830. The van der Waals surface area contributed by atoms with E-state index < -0.39 is 12.1 Å². The average Bonchev–Trinajstić information content (AvgIpc) is 3.24. The molecule has 0 saturated carbocycles. The van der Waals surface area contributed by atoms with Crippen LogP contribution in [0.2, 0.25) is 0 Å². The number of rotatable bonds is 14. The van der Waals surface area contributed by atoms with E-state index in [1.54, 1.807) is 0 Å². The van der Waals surface area contributed by atoms with Crippen LogP contribution in [0, 0.1) is 0 Å². The minimum absolute atomic E-state index is 0.171. The highest BCUT2D eigenvalue weighted by Gasteiger charge is 2.43. The van der Waals surface area contributed by atoms with E-state index in [4.69, 9.17) is 9.84 Å². The van der Waals surface area contributed by atoms with Gasteiger partial charge in [0.05, 0.1) is 0 Å². The van der Waals surface area contributed by atoms with Crippen molar-refractivity contribution in [3.05, 3.63) is 12.2 Å². The van der Waals surface area contributed by atoms with Crippen LogP contribution in [0.25, 0.3) is 0 Å². The van der Waals surface area contributed by atoms with E-state index in [1.807, 2.05) is 6.08 Å². The topological polar surface area (TPSA) is 49.8 Å². The Labute approximate surface area is 129 Å². The molecule has 21 heavy (non-hydrogen) atoms. The van der Waals surface area contributed by atoms with Crippen LogP contribution < -0.4 is 0 Å². The number of carboxylic acids is 1. The van der Waals surface area contributed by atoms with Gasteiger partial charge in [0.15, 0.2) is 6.10 Å². The molecule has 1 saturated heterocycles. The van der Waals surface area contributed by atoms with Crippen LogP contribution in [-0.4, -0.2) is 23.3 Å². The zero-order valence-corrected chi connectivity index (χ0v) is 13.6. The number of hydrogen-bond donors (Lipinski definition) is 1. The van der Waals surface area contributed by atoms with Gasteiger partial charge in [-0.2, -0.15) is 0 Å². The fourth-order valence-electron chi connectivity index (χ4n) is 2.63. The van der Waals surface area contributed by atoms with Gasteiger partial charge in [-0.05, 0) is 12.8 Å². The Balaban J connectivity index is 1.75. The smallest absolute Gasteiger partial charge is 0.335 e. The highest BCUT2D eigenvalue weighted by molar-refractivity contribution is 5.76.